The van der Waals surface area contributed by atoms with Gasteiger partial charge in [0, 0.05) is 5.56 Å². The quantitative estimate of drug-likeness (QED) is 0.666. The first-order chi connectivity index (χ1) is 9.61. The molecule has 1 heterocycles. The molecule has 20 heavy (non-hydrogen) atoms. The molecule has 0 aliphatic rings. The smallest absolute Gasteiger partial charge is 0.227 e. The summed E-state index contributed by atoms with van der Waals surface area (Å²) in [5.41, 5.74) is 5.38. The summed E-state index contributed by atoms with van der Waals surface area (Å²) >= 11 is 0. The first-order valence-corrected chi connectivity index (χ1v) is 7.08. The maximum absolute atomic E-state index is 5.84. The summed E-state index contributed by atoms with van der Waals surface area (Å²) in [4.78, 5) is 4.61. The highest BCUT2D eigenvalue weighted by molar-refractivity contribution is 5.77. The molecule has 2 heteroatoms. The van der Waals surface area contributed by atoms with Crippen LogP contribution >= 0.6 is 0 Å². The monoisotopic (exact) mass is 265 g/mol. The van der Waals surface area contributed by atoms with Crippen molar-refractivity contribution in [3.8, 4) is 11.5 Å². The van der Waals surface area contributed by atoms with E-state index in [-0.39, 0.29) is 0 Å². The van der Waals surface area contributed by atoms with Crippen molar-refractivity contribution < 1.29 is 4.42 Å². The molecule has 0 atom stereocenters. The van der Waals surface area contributed by atoms with Crippen LogP contribution in [0.3, 0.4) is 0 Å². The van der Waals surface area contributed by atoms with Gasteiger partial charge in [-0.3, -0.25) is 0 Å². The average molecular weight is 265 g/mol. The van der Waals surface area contributed by atoms with Gasteiger partial charge in [0.05, 0.1) is 0 Å². The van der Waals surface area contributed by atoms with E-state index in [4.69, 9.17) is 4.42 Å². The Morgan fingerprint density at radius 2 is 1.80 bits per heavy atom. The minimum Gasteiger partial charge on any atom is -0.436 e. The normalized spacial score (nSPS) is 11.4. The van der Waals surface area contributed by atoms with E-state index in [1.54, 1.807) is 0 Å². The lowest BCUT2D eigenvalue weighted by atomic mass is 10.0. The zero-order valence-corrected chi connectivity index (χ0v) is 12.2. The van der Waals surface area contributed by atoms with Crippen molar-refractivity contribution in [3.05, 3.63) is 53.6 Å². The lowest BCUT2D eigenvalue weighted by Crippen LogP contribution is -1.93. The molecule has 0 aliphatic carbocycles. The maximum Gasteiger partial charge on any atom is 0.227 e. The second kappa shape index (κ2) is 5.12. The lowest BCUT2D eigenvalue weighted by molar-refractivity contribution is 0.619. The Morgan fingerprint density at radius 1 is 1.05 bits per heavy atom. The molecule has 102 valence electrons. The number of aromatic nitrogens is 1. The van der Waals surface area contributed by atoms with Crippen LogP contribution < -0.4 is 0 Å². The van der Waals surface area contributed by atoms with Gasteiger partial charge < -0.3 is 4.42 Å². The molecule has 1 aromatic heterocycles. The fourth-order valence-corrected chi connectivity index (χ4v) is 2.39. The van der Waals surface area contributed by atoms with Crippen molar-refractivity contribution in [1.82, 2.24) is 4.98 Å². The second-order valence-electron chi connectivity index (χ2n) is 5.79. The topological polar surface area (TPSA) is 26.0 Å². The van der Waals surface area contributed by atoms with Crippen LogP contribution in [0.4, 0.5) is 0 Å². The van der Waals surface area contributed by atoms with Gasteiger partial charge in [-0.05, 0) is 49.1 Å². The zero-order chi connectivity index (χ0) is 14.1. The second-order valence-corrected chi connectivity index (χ2v) is 5.79. The SMILES string of the molecule is Cc1ccc(-c2nc3cc(CC(C)C)ccc3o2)cc1. The predicted molar refractivity (Wildman–Crippen MR) is 82.7 cm³/mol. The summed E-state index contributed by atoms with van der Waals surface area (Å²) < 4.78 is 5.84. The first-order valence-electron chi connectivity index (χ1n) is 7.08. The number of oxazole rings is 1. The predicted octanol–water partition coefficient (Wildman–Crippen LogP) is 5.00. The van der Waals surface area contributed by atoms with Crippen LogP contribution in [0.2, 0.25) is 0 Å². The third-order valence-electron chi connectivity index (χ3n) is 3.39. The van der Waals surface area contributed by atoms with Crippen molar-refractivity contribution in [2.45, 2.75) is 27.2 Å². The van der Waals surface area contributed by atoms with E-state index in [9.17, 15) is 0 Å². The molecule has 0 saturated heterocycles. The van der Waals surface area contributed by atoms with Crippen LogP contribution in [0.5, 0.6) is 0 Å². The Labute approximate surface area is 119 Å². The molecule has 0 saturated carbocycles. The summed E-state index contributed by atoms with van der Waals surface area (Å²) in [5, 5.41) is 0. The number of aryl methyl sites for hydroxylation is 1. The van der Waals surface area contributed by atoms with E-state index in [1.807, 2.05) is 6.07 Å². The minimum atomic E-state index is 0.649. The Bertz CT molecular complexity index is 723. The van der Waals surface area contributed by atoms with Gasteiger partial charge in [0.15, 0.2) is 5.58 Å². The maximum atomic E-state index is 5.84. The molecular formula is C18H19NO. The Kier molecular flexibility index (Phi) is 3.31. The molecule has 0 bridgehead atoms. The van der Waals surface area contributed by atoms with Gasteiger partial charge in [-0.1, -0.05) is 37.6 Å². The summed E-state index contributed by atoms with van der Waals surface area (Å²) in [7, 11) is 0. The van der Waals surface area contributed by atoms with Crippen molar-refractivity contribution in [1.29, 1.82) is 0 Å². The number of benzene rings is 2. The van der Waals surface area contributed by atoms with E-state index in [0.29, 0.717) is 11.8 Å². The Balaban J connectivity index is 1.99. The van der Waals surface area contributed by atoms with Gasteiger partial charge in [-0.2, -0.15) is 0 Å². The van der Waals surface area contributed by atoms with E-state index in [2.05, 4.69) is 62.2 Å². The van der Waals surface area contributed by atoms with Crippen molar-refractivity contribution in [3.63, 3.8) is 0 Å². The van der Waals surface area contributed by atoms with E-state index in [0.717, 1.165) is 23.1 Å². The van der Waals surface area contributed by atoms with Crippen LogP contribution in [0.25, 0.3) is 22.6 Å². The molecule has 0 radical (unpaired) electrons. The fraction of sp³-hybridized carbons (Fsp3) is 0.278. The number of hydrogen-bond acceptors (Lipinski definition) is 2. The average Bonchev–Trinajstić information content (AvgIpc) is 2.81. The molecule has 0 amide bonds. The number of rotatable bonds is 3. The van der Waals surface area contributed by atoms with Crippen LogP contribution in [0.15, 0.2) is 46.9 Å². The van der Waals surface area contributed by atoms with Gasteiger partial charge in [0.25, 0.3) is 0 Å². The summed E-state index contributed by atoms with van der Waals surface area (Å²) in [5.74, 6) is 1.35. The van der Waals surface area contributed by atoms with Crippen LogP contribution in [-0.4, -0.2) is 4.98 Å². The molecule has 0 fully saturated rings. The van der Waals surface area contributed by atoms with Crippen LogP contribution in [0.1, 0.15) is 25.0 Å². The summed E-state index contributed by atoms with van der Waals surface area (Å²) in [6, 6.07) is 14.5. The van der Waals surface area contributed by atoms with E-state index < -0.39 is 0 Å². The Morgan fingerprint density at radius 3 is 2.50 bits per heavy atom. The number of fused-ring (bicyclic) bond motifs is 1. The lowest BCUT2D eigenvalue weighted by Gasteiger charge is -2.03. The van der Waals surface area contributed by atoms with Crippen molar-refractivity contribution in [2.24, 2.45) is 5.92 Å². The van der Waals surface area contributed by atoms with Crippen molar-refractivity contribution >= 4 is 11.1 Å². The standard InChI is InChI=1S/C18H19NO/c1-12(2)10-14-6-9-17-16(11-14)19-18(20-17)15-7-4-13(3)5-8-15/h4-9,11-12H,10H2,1-3H3. The molecule has 0 aliphatic heterocycles. The van der Waals surface area contributed by atoms with Gasteiger partial charge in [-0.15, -0.1) is 0 Å². The summed E-state index contributed by atoms with van der Waals surface area (Å²) in [6.45, 7) is 6.53. The largest absolute Gasteiger partial charge is 0.436 e. The van der Waals surface area contributed by atoms with Crippen LogP contribution in [0, 0.1) is 12.8 Å². The molecule has 2 aromatic carbocycles. The van der Waals surface area contributed by atoms with Gasteiger partial charge in [-0.25, -0.2) is 4.98 Å². The van der Waals surface area contributed by atoms with E-state index in [1.165, 1.54) is 11.1 Å². The first kappa shape index (κ1) is 12.9. The van der Waals surface area contributed by atoms with Gasteiger partial charge in [0.1, 0.15) is 5.52 Å². The molecule has 0 N–H and O–H groups in total. The highest BCUT2D eigenvalue weighted by Crippen LogP contribution is 2.25. The summed E-state index contributed by atoms with van der Waals surface area (Å²) in [6.07, 6.45) is 1.07. The molecule has 2 nitrogen and oxygen atoms in total. The zero-order valence-electron chi connectivity index (χ0n) is 12.2. The Hall–Kier alpha value is -2.09. The third-order valence-corrected chi connectivity index (χ3v) is 3.39. The number of nitrogens with zero attached hydrogens (tertiary/aromatic N) is 1. The van der Waals surface area contributed by atoms with Crippen molar-refractivity contribution in [2.75, 3.05) is 0 Å². The molecule has 0 spiro atoms. The number of hydrogen-bond donors (Lipinski definition) is 0. The molecule has 3 rings (SSSR count). The molecule has 3 aromatic rings. The highest BCUT2D eigenvalue weighted by atomic mass is 16.3. The highest BCUT2D eigenvalue weighted by Gasteiger charge is 2.09. The molecule has 0 unspecified atom stereocenters. The fourth-order valence-electron chi connectivity index (χ4n) is 2.39. The minimum absolute atomic E-state index is 0.649. The third kappa shape index (κ3) is 2.60. The van der Waals surface area contributed by atoms with Crippen LogP contribution in [-0.2, 0) is 6.42 Å². The van der Waals surface area contributed by atoms with Gasteiger partial charge in [0.2, 0.25) is 5.89 Å². The van der Waals surface area contributed by atoms with Gasteiger partial charge >= 0.3 is 0 Å². The van der Waals surface area contributed by atoms with E-state index >= 15 is 0 Å². The molecular weight excluding hydrogens is 246 g/mol.